The average molecular weight is 270 g/mol. The van der Waals surface area contributed by atoms with Crippen LogP contribution in [0.4, 0.5) is 0 Å². The van der Waals surface area contributed by atoms with E-state index >= 15 is 0 Å². The molecule has 1 N–H and O–H groups in total. The number of ether oxygens (including phenoxy) is 1. The summed E-state index contributed by atoms with van der Waals surface area (Å²) < 4.78 is 12.4. The summed E-state index contributed by atoms with van der Waals surface area (Å²) in [6, 6.07) is 7.47. The Morgan fingerprint density at radius 3 is 2.95 bits per heavy atom. The van der Waals surface area contributed by atoms with E-state index in [-0.39, 0.29) is 17.7 Å². The standard InChI is InChI=1S/C15H14N2O3/c1-3-19-15(18)10-8-12-13(20-14(10)16)9(2)11-6-4-5-7-17(11)12/h4-8,16H,3H2,1-2H3. The summed E-state index contributed by atoms with van der Waals surface area (Å²) in [6.07, 6.45) is 1.90. The molecule has 0 saturated carbocycles. The maximum absolute atomic E-state index is 11.8. The molecule has 0 aliphatic rings. The van der Waals surface area contributed by atoms with E-state index in [1.54, 1.807) is 13.0 Å². The van der Waals surface area contributed by atoms with Crippen molar-refractivity contribution in [3.8, 4) is 0 Å². The highest BCUT2D eigenvalue weighted by atomic mass is 16.5. The van der Waals surface area contributed by atoms with Crippen LogP contribution in [-0.2, 0) is 4.74 Å². The third-order valence-electron chi connectivity index (χ3n) is 3.30. The molecular weight excluding hydrogens is 256 g/mol. The molecule has 0 spiro atoms. The Labute approximate surface area is 114 Å². The summed E-state index contributed by atoms with van der Waals surface area (Å²) in [5.41, 5.74) is 3.29. The number of fused-ring (bicyclic) bond motifs is 3. The fourth-order valence-electron chi connectivity index (χ4n) is 2.36. The summed E-state index contributed by atoms with van der Waals surface area (Å²) in [6.45, 7) is 3.93. The number of aryl methyl sites for hydroxylation is 1. The molecule has 0 unspecified atom stereocenters. The van der Waals surface area contributed by atoms with E-state index in [2.05, 4.69) is 0 Å². The summed E-state index contributed by atoms with van der Waals surface area (Å²) in [5, 5.41) is 7.86. The van der Waals surface area contributed by atoms with Crippen LogP contribution in [0, 0.1) is 12.3 Å². The third kappa shape index (κ3) is 1.71. The third-order valence-corrected chi connectivity index (χ3v) is 3.30. The van der Waals surface area contributed by atoms with E-state index in [4.69, 9.17) is 14.6 Å². The van der Waals surface area contributed by atoms with Gasteiger partial charge in [-0.05, 0) is 32.0 Å². The highest BCUT2D eigenvalue weighted by molar-refractivity contribution is 5.94. The molecule has 0 amide bonds. The summed E-state index contributed by atoms with van der Waals surface area (Å²) >= 11 is 0. The fraction of sp³-hybridized carbons (Fsp3) is 0.200. The van der Waals surface area contributed by atoms with Crippen molar-refractivity contribution in [2.75, 3.05) is 6.61 Å². The minimum Gasteiger partial charge on any atom is -0.462 e. The van der Waals surface area contributed by atoms with Crippen LogP contribution < -0.4 is 5.55 Å². The molecule has 20 heavy (non-hydrogen) atoms. The van der Waals surface area contributed by atoms with Crippen molar-refractivity contribution in [1.29, 1.82) is 5.41 Å². The first-order chi connectivity index (χ1) is 9.63. The molecule has 5 nitrogen and oxygen atoms in total. The highest BCUT2D eigenvalue weighted by Crippen LogP contribution is 2.25. The first-order valence-electron chi connectivity index (χ1n) is 6.38. The summed E-state index contributed by atoms with van der Waals surface area (Å²) in [4.78, 5) is 11.8. The highest BCUT2D eigenvalue weighted by Gasteiger charge is 2.17. The van der Waals surface area contributed by atoms with Crippen LogP contribution in [0.15, 0.2) is 34.9 Å². The molecule has 102 valence electrons. The molecule has 0 aromatic carbocycles. The number of hydrogen-bond acceptors (Lipinski definition) is 4. The van der Waals surface area contributed by atoms with E-state index < -0.39 is 5.97 Å². The van der Waals surface area contributed by atoms with Gasteiger partial charge in [0.15, 0.2) is 5.58 Å². The number of hydrogen-bond donors (Lipinski definition) is 1. The van der Waals surface area contributed by atoms with Gasteiger partial charge in [-0.3, -0.25) is 5.41 Å². The lowest BCUT2D eigenvalue weighted by Gasteiger charge is -2.02. The van der Waals surface area contributed by atoms with Gasteiger partial charge in [-0.2, -0.15) is 0 Å². The molecule has 0 aliphatic carbocycles. The first kappa shape index (κ1) is 12.5. The van der Waals surface area contributed by atoms with Crippen LogP contribution in [0.1, 0.15) is 22.8 Å². The minimum absolute atomic E-state index is 0.141. The zero-order valence-corrected chi connectivity index (χ0v) is 11.3. The second-order valence-electron chi connectivity index (χ2n) is 4.50. The Balaban J connectivity index is 2.37. The number of nitrogens with one attached hydrogen (secondary N) is 1. The quantitative estimate of drug-likeness (QED) is 0.728. The smallest absolute Gasteiger partial charge is 0.343 e. The number of rotatable bonds is 2. The van der Waals surface area contributed by atoms with E-state index in [0.717, 1.165) is 16.6 Å². The second-order valence-corrected chi connectivity index (χ2v) is 4.50. The average Bonchev–Trinajstić information content (AvgIpc) is 2.72. The minimum atomic E-state index is -0.535. The summed E-state index contributed by atoms with van der Waals surface area (Å²) in [5.74, 6) is -0.535. The Bertz CT molecular complexity index is 874. The van der Waals surface area contributed by atoms with Crippen LogP contribution >= 0.6 is 0 Å². The molecule has 3 heterocycles. The first-order valence-corrected chi connectivity index (χ1v) is 6.38. The molecule has 0 bridgehead atoms. The number of carbonyl (C=O) groups excluding carboxylic acids is 1. The van der Waals surface area contributed by atoms with Crippen molar-refractivity contribution in [3.63, 3.8) is 0 Å². The molecule has 5 heteroatoms. The monoisotopic (exact) mass is 270 g/mol. The Morgan fingerprint density at radius 1 is 1.40 bits per heavy atom. The zero-order valence-electron chi connectivity index (χ0n) is 11.3. The van der Waals surface area contributed by atoms with Gasteiger partial charge in [0.05, 0.1) is 17.6 Å². The normalized spacial score (nSPS) is 11.1. The van der Waals surface area contributed by atoms with E-state index in [9.17, 15) is 4.79 Å². The van der Waals surface area contributed by atoms with Crippen molar-refractivity contribution in [2.24, 2.45) is 0 Å². The van der Waals surface area contributed by atoms with Crippen molar-refractivity contribution < 1.29 is 13.9 Å². The molecule has 0 fully saturated rings. The molecule has 3 aromatic heterocycles. The SMILES string of the molecule is CCOC(=O)c1cc2c(oc1=N)c(C)c1ccccn12. The van der Waals surface area contributed by atoms with Gasteiger partial charge in [-0.1, -0.05) is 6.07 Å². The maximum atomic E-state index is 11.8. The Hall–Kier alpha value is -2.56. The van der Waals surface area contributed by atoms with Crippen molar-refractivity contribution in [2.45, 2.75) is 13.8 Å². The van der Waals surface area contributed by atoms with E-state index in [1.807, 2.05) is 35.7 Å². The van der Waals surface area contributed by atoms with Crippen molar-refractivity contribution in [3.05, 3.63) is 47.1 Å². The number of pyridine rings is 1. The van der Waals surface area contributed by atoms with Gasteiger partial charge < -0.3 is 13.6 Å². The number of nitrogens with zero attached hydrogens (tertiary/aromatic N) is 1. The van der Waals surface area contributed by atoms with E-state index in [0.29, 0.717) is 5.58 Å². The molecule has 0 saturated heterocycles. The van der Waals surface area contributed by atoms with Crippen LogP contribution in [0.3, 0.4) is 0 Å². The van der Waals surface area contributed by atoms with Gasteiger partial charge >= 0.3 is 5.97 Å². The van der Waals surface area contributed by atoms with Crippen LogP contribution in [0.5, 0.6) is 0 Å². The number of aromatic nitrogens is 1. The lowest BCUT2D eigenvalue weighted by Crippen LogP contribution is -2.16. The zero-order chi connectivity index (χ0) is 14.3. The molecule has 0 radical (unpaired) electrons. The molecule has 0 atom stereocenters. The van der Waals surface area contributed by atoms with Crippen LogP contribution in [0.25, 0.3) is 16.6 Å². The van der Waals surface area contributed by atoms with E-state index in [1.165, 1.54) is 0 Å². The van der Waals surface area contributed by atoms with Crippen molar-refractivity contribution >= 4 is 22.6 Å². The maximum Gasteiger partial charge on any atom is 0.343 e. The van der Waals surface area contributed by atoms with Gasteiger partial charge in [-0.15, -0.1) is 0 Å². The predicted molar refractivity (Wildman–Crippen MR) is 73.7 cm³/mol. The number of carbonyl (C=O) groups is 1. The Morgan fingerprint density at radius 2 is 2.20 bits per heavy atom. The molecule has 3 rings (SSSR count). The molecule has 3 aromatic rings. The van der Waals surface area contributed by atoms with Gasteiger partial charge in [-0.25, -0.2) is 4.79 Å². The van der Waals surface area contributed by atoms with Gasteiger partial charge in [0.2, 0.25) is 5.55 Å². The largest absolute Gasteiger partial charge is 0.462 e. The molecule has 0 aliphatic heterocycles. The van der Waals surface area contributed by atoms with Crippen LogP contribution in [0.2, 0.25) is 0 Å². The second kappa shape index (κ2) is 4.52. The van der Waals surface area contributed by atoms with Gasteiger partial charge in [0.1, 0.15) is 5.56 Å². The predicted octanol–water partition coefficient (Wildman–Crippen LogP) is 2.65. The lowest BCUT2D eigenvalue weighted by atomic mass is 10.2. The van der Waals surface area contributed by atoms with Gasteiger partial charge in [0.25, 0.3) is 0 Å². The summed E-state index contributed by atoms with van der Waals surface area (Å²) in [7, 11) is 0. The van der Waals surface area contributed by atoms with Crippen LogP contribution in [-0.4, -0.2) is 17.0 Å². The topological polar surface area (TPSA) is 67.7 Å². The lowest BCUT2D eigenvalue weighted by molar-refractivity contribution is 0.0520. The fourth-order valence-corrected chi connectivity index (χ4v) is 2.36. The molecular formula is C15H14N2O3. The Kier molecular flexibility index (Phi) is 2.82. The van der Waals surface area contributed by atoms with Crippen molar-refractivity contribution in [1.82, 2.24) is 4.40 Å². The number of esters is 1. The van der Waals surface area contributed by atoms with Gasteiger partial charge in [0, 0.05) is 11.8 Å².